The summed E-state index contributed by atoms with van der Waals surface area (Å²) in [6.07, 6.45) is 1.80. The number of nitrogens with zero attached hydrogens (tertiary/aromatic N) is 2. The number of aliphatic hydroxyl groups is 1. The summed E-state index contributed by atoms with van der Waals surface area (Å²) in [6.45, 7) is 5.61. The maximum Gasteiger partial charge on any atom is 0.0606 e. The van der Waals surface area contributed by atoms with Gasteiger partial charge in [0.05, 0.1) is 24.2 Å². The molecule has 1 rings (SSSR count). The number of anilines is 1. The second-order valence-electron chi connectivity index (χ2n) is 3.53. The van der Waals surface area contributed by atoms with Crippen LogP contribution in [0.25, 0.3) is 0 Å². The van der Waals surface area contributed by atoms with Crippen LogP contribution in [0.15, 0.2) is 18.3 Å². The van der Waals surface area contributed by atoms with E-state index in [4.69, 9.17) is 10.8 Å². The summed E-state index contributed by atoms with van der Waals surface area (Å²) in [6, 6.07) is 3.89. The molecule has 1 atom stereocenters. The summed E-state index contributed by atoms with van der Waals surface area (Å²) in [5.41, 5.74) is 7.63. The second-order valence-corrected chi connectivity index (χ2v) is 3.53. The van der Waals surface area contributed by atoms with Gasteiger partial charge < -0.3 is 15.7 Å². The third kappa shape index (κ3) is 3.18. The molecule has 1 heterocycles. The molecule has 0 bridgehead atoms. The number of hydrogen-bond acceptors (Lipinski definition) is 4. The van der Waals surface area contributed by atoms with Gasteiger partial charge >= 0.3 is 0 Å². The highest BCUT2D eigenvalue weighted by Gasteiger charge is 2.05. The highest BCUT2D eigenvalue weighted by atomic mass is 16.3. The predicted molar refractivity (Wildman–Crippen MR) is 61.8 cm³/mol. The fourth-order valence-corrected chi connectivity index (χ4v) is 1.44. The molecular formula is C11H19N3O. The molecule has 4 heteroatoms. The van der Waals surface area contributed by atoms with E-state index in [0.717, 1.165) is 17.9 Å². The van der Waals surface area contributed by atoms with Crippen LogP contribution in [0.1, 0.15) is 25.6 Å². The fourth-order valence-electron chi connectivity index (χ4n) is 1.44. The van der Waals surface area contributed by atoms with Crippen molar-refractivity contribution in [3.63, 3.8) is 0 Å². The minimum atomic E-state index is -0.0352. The van der Waals surface area contributed by atoms with Gasteiger partial charge in [0.25, 0.3) is 0 Å². The second kappa shape index (κ2) is 5.68. The van der Waals surface area contributed by atoms with E-state index in [-0.39, 0.29) is 12.6 Å². The molecule has 4 nitrogen and oxygen atoms in total. The van der Waals surface area contributed by atoms with Gasteiger partial charge in [-0.2, -0.15) is 0 Å². The van der Waals surface area contributed by atoms with Crippen LogP contribution in [0, 0.1) is 0 Å². The number of hydrogen-bond donors (Lipinski definition) is 2. The smallest absolute Gasteiger partial charge is 0.0606 e. The van der Waals surface area contributed by atoms with Crippen LogP contribution in [-0.2, 0) is 0 Å². The molecule has 0 aliphatic carbocycles. The largest absolute Gasteiger partial charge is 0.395 e. The number of aromatic nitrogens is 1. The standard InChI is InChI=1S/C11H19N3O/c1-3-14(6-7-15)10-4-5-11(9(2)12)13-8-10/h4-5,8-9,15H,3,6-7,12H2,1-2H3. The van der Waals surface area contributed by atoms with E-state index in [1.807, 2.05) is 19.1 Å². The molecule has 15 heavy (non-hydrogen) atoms. The van der Waals surface area contributed by atoms with Crippen molar-refractivity contribution in [3.05, 3.63) is 24.0 Å². The highest BCUT2D eigenvalue weighted by molar-refractivity contribution is 5.44. The number of likely N-dealkylation sites (N-methyl/N-ethyl adjacent to an activating group) is 1. The maximum atomic E-state index is 8.89. The van der Waals surface area contributed by atoms with Crippen molar-refractivity contribution in [2.24, 2.45) is 5.73 Å². The van der Waals surface area contributed by atoms with Crippen molar-refractivity contribution < 1.29 is 5.11 Å². The number of pyridine rings is 1. The van der Waals surface area contributed by atoms with Gasteiger partial charge in [-0.3, -0.25) is 4.98 Å². The van der Waals surface area contributed by atoms with Gasteiger partial charge in [-0.1, -0.05) is 0 Å². The first kappa shape index (κ1) is 11.9. The highest BCUT2D eigenvalue weighted by Crippen LogP contribution is 2.14. The Hall–Kier alpha value is -1.13. The van der Waals surface area contributed by atoms with Gasteiger partial charge in [-0.15, -0.1) is 0 Å². The Kier molecular flexibility index (Phi) is 4.52. The van der Waals surface area contributed by atoms with Crippen molar-refractivity contribution in [1.82, 2.24) is 4.98 Å². The number of aliphatic hydroxyl groups excluding tert-OH is 1. The Balaban J connectivity index is 2.77. The lowest BCUT2D eigenvalue weighted by Gasteiger charge is -2.21. The van der Waals surface area contributed by atoms with Crippen LogP contribution in [0.4, 0.5) is 5.69 Å². The molecule has 0 amide bonds. The molecule has 0 fully saturated rings. The monoisotopic (exact) mass is 209 g/mol. The molecule has 3 N–H and O–H groups in total. The number of nitrogens with two attached hydrogens (primary N) is 1. The minimum absolute atomic E-state index is 0.0352. The lowest BCUT2D eigenvalue weighted by Crippen LogP contribution is -2.26. The summed E-state index contributed by atoms with van der Waals surface area (Å²) in [4.78, 5) is 6.35. The van der Waals surface area contributed by atoms with Gasteiger partial charge in [-0.05, 0) is 26.0 Å². The van der Waals surface area contributed by atoms with E-state index in [2.05, 4.69) is 16.8 Å². The van der Waals surface area contributed by atoms with E-state index in [0.29, 0.717) is 6.54 Å². The Morgan fingerprint density at radius 2 is 2.27 bits per heavy atom. The van der Waals surface area contributed by atoms with Crippen molar-refractivity contribution >= 4 is 5.69 Å². The molecule has 0 aromatic carbocycles. The lowest BCUT2D eigenvalue weighted by molar-refractivity contribution is 0.302. The van der Waals surface area contributed by atoms with Crippen molar-refractivity contribution in [2.45, 2.75) is 19.9 Å². The lowest BCUT2D eigenvalue weighted by atomic mass is 10.2. The number of rotatable bonds is 5. The zero-order valence-corrected chi connectivity index (χ0v) is 9.35. The summed E-state index contributed by atoms with van der Waals surface area (Å²) >= 11 is 0. The predicted octanol–water partition coefficient (Wildman–Crippen LogP) is 0.920. The quantitative estimate of drug-likeness (QED) is 0.757. The first-order valence-electron chi connectivity index (χ1n) is 5.26. The summed E-state index contributed by atoms with van der Waals surface area (Å²) in [5.74, 6) is 0. The zero-order chi connectivity index (χ0) is 11.3. The topological polar surface area (TPSA) is 62.4 Å². The van der Waals surface area contributed by atoms with E-state index < -0.39 is 0 Å². The first-order chi connectivity index (χ1) is 7.19. The van der Waals surface area contributed by atoms with Gasteiger partial charge in [-0.25, -0.2) is 0 Å². The van der Waals surface area contributed by atoms with Crippen molar-refractivity contribution in [3.8, 4) is 0 Å². The van der Waals surface area contributed by atoms with Crippen LogP contribution >= 0.6 is 0 Å². The van der Waals surface area contributed by atoms with Crippen LogP contribution in [-0.4, -0.2) is 29.8 Å². The summed E-state index contributed by atoms with van der Waals surface area (Å²) in [5, 5.41) is 8.89. The van der Waals surface area contributed by atoms with E-state index in [9.17, 15) is 0 Å². The van der Waals surface area contributed by atoms with E-state index in [1.54, 1.807) is 6.20 Å². The molecule has 0 saturated carbocycles. The molecule has 0 saturated heterocycles. The normalized spacial score (nSPS) is 12.5. The minimum Gasteiger partial charge on any atom is -0.395 e. The van der Waals surface area contributed by atoms with E-state index >= 15 is 0 Å². The average molecular weight is 209 g/mol. The molecule has 0 aliphatic rings. The van der Waals surface area contributed by atoms with Crippen molar-refractivity contribution in [1.29, 1.82) is 0 Å². The molecule has 0 radical (unpaired) electrons. The van der Waals surface area contributed by atoms with Crippen LogP contribution in [0.3, 0.4) is 0 Å². The van der Waals surface area contributed by atoms with Gasteiger partial charge in [0.15, 0.2) is 0 Å². The molecule has 84 valence electrons. The molecule has 0 aliphatic heterocycles. The molecule has 0 spiro atoms. The summed E-state index contributed by atoms with van der Waals surface area (Å²) < 4.78 is 0. The molecule has 1 aromatic rings. The Labute approximate surface area is 90.7 Å². The SMILES string of the molecule is CCN(CCO)c1ccc(C(C)N)nc1. The van der Waals surface area contributed by atoms with Gasteiger partial charge in [0.1, 0.15) is 0 Å². The zero-order valence-electron chi connectivity index (χ0n) is 9.35. The Morgan fingerprint density at radius 3 is 2.67 bits per heavy atom. The molecular weight excluding hydrogens is 190 g/mol. The third-order valence-electron chi connectivity index (χ3n) is 2.35. The third-order valence-corrected chi connectivity index (χ3v) is 2.35. The Bertz CT molecular complexity index is 284. The summed E-state index contributed by atoms with van der Waals surface area (Å²) in [7, 11) is 0. The van der Waals surface area contributed by atoms with Crippen LogP contribution < -0.4 is 10.6 Å². The van der Waals surface area contributed by atoms with Gasteiger partial charge in [0.2, 0.25) is 0 Å². The average Bonchev–Trinajstić information content (AvgIpc) is 2.26. The fraction of sp³-hybridized carbons (Fsp3) is 0.545. The molecule has 1 aromatic heterocycles. The maximum absolute atomic E-state index is 8.89. The van der Waals surface area contributed by atoms with E-state index in [1.165, 1.54) is 0 Å². The molecule has 1 unspecified atom stereocenters. The first-order valence-corrected chi connectivity index (χ1v) is 5.26. The van der Waals surface area contributed by atoms with Crippen LogP contribution in [0.5, 0.6) is 0 Å². The van der Waals surface area contributed by atoms with Crippen molar-refractivity contribution in [2.75, 3.05) is 24.6 Å². The van der Waals surface area contributed by atoms with Gasteiger partial charge in [0, 0.05) is 19.1 Å². The Morgan fingerprint density at radius 1 is 1.53 bits per heavy atom. The van der Waals surface area contributed by atoms with Crippen LogP contribution in [0.2, 0.25) is 0 Å².